The van der Waals surface area contributed by atoms with Crippen LogP contribution in [0.5, 0.6) is 0 Å². The quantitative estimate of drug-likeness (QED) is 0.336. The van der Waals surface area contributed by atoms with Crippen LogP contribution in [0.2, 0.25) is 13.1 Å². The van der Waals surface area contributed by atoms with Gasteiger partial charge in [-0.15, -0.1) is 0 Å². The summed E-state index contributed by atoms with van der Waals surface area (Å²) in [5, 5.41) is 0. The third kappa shape index (κ3) is 12.6. The molecule has 0 spiro atoms. The second-order valence-corrected chi connectivity index (χ2v) is 8.95. The first-order chi connectivity index (χ1) is 8.62. The van der Waals surface area contributed by atoms with Crippen molar-refractivity contribution in [3.8, 4) is 0 Å². The van der Waals surface area contributed by atoms with E-state index in [1.54, 1.807) is 0 Å². The minimum Gasteiger partial charge on any atom is -0.395 e. The van der Waals surface area contributed by atoms with Gasteiger partial charge in [-0.2, -0.15) is 0 Å². The Bertz CT molecular complexity index is 172. The molecule has 0 unspecified atom stereocenters. The molecule has 0 radical (unpaired) electrons. The summed E-state index contributed by atoms with van der Waals surface area (Å²) in [6, 6.07) is 0. The van der Waals surface area contributed by atoms with E-state index in [9.17, 15) is 0 Å². The molecule has 3 heteroatoms. The van der Waals surface area contributed by atoms with E-state index < -0.39 is 8.56 Å². The lowest BCUT2D eigenvalue weighted by atomic mass is 10.1. The van der Waals surface area contributed by atoms with Gasteiger partial charge in [-0.05, 0) is 25.9 Å². The van der Waals surface area contributed by atoms with Gasteiger partial charge < -0.3 is 8.85 Å². The summed E-state index contributed by atoms with van der Waals surface area (Å²) in [6.45, 7) is 10.5. The van der Waals surface area contributed by atoms with Crippen LogP contribution in [0, 0.1) is 0 Å². The van der Waals surface area contributed by atoms with Crippen LogP contribution in [0.15, 0.2) is 0 Å². The van der Waals surface area contributed by atoms with Crippen molar-refractivity contribution in [1.82, 2.24) is 0 Å². The van der Waals surface area contributed by atoms with Crippen LogP contribution in [0.3, 0.4) is 0 Å². The third-order valence-electron chi connectivity index (χ3n) is 3.15. The highest BCUT2D eigenvalue weighted by molar-refractivity contribution is 6.64. The maximum atomic E-state index is 5.92. The zero-order valence-electron chi connectivity index (χ0n) is 13.1. The fourth-order valence-electron chi connectivity index (χ4n) is 1.88. The van der Waals surface area contributed by atoms with Gasteiger partial charge in [-0.1, -0.05) is 58.8 Å². The molecule has 110 valence electrons. The van der Waals surface area contributed by atoms with E-state index in [0.29, 0.717) is 0 Å². The van der Waals surface area contributed by atoms with Crippen LogP contribution in [0.1, 0.15) is 71.6 Å². The molecule has 0 aromatic rings. The lowest BCUT2D eigenvalue weighted by Gasteiger charge is -2.22. The Morgan fingerprint density at radius 2 is 1.06 bits per heavy atom. The Labute approximate surface area is 116 Å². The summed E-state index contributed by atoms with van der Waals surface area (Å²) in [7, 11) is -1.82. The van der Waals surface area contributed by atoms with Crippen molar-refractivity contribution in [1.29, 1.82) is 0 Å². The van der Waals surface area contributed by atoms with Gasteiger partial charge in [0, 0.05) is 13.2 Å². The number of hydrogen-bond acceptors (Lipinski definition) is 2. The summed E-state index contributed by atoms with van der Waals surface area (Å²) in [5.74, 6) is 0. The Morgan fingerprint density at radius 3 is 1.61 bits per heavy atom. The second kappa shape index (κ2) is 12.2. The van der Waals surface area contributed by atoms with Crippen LogP contribution in [0.25, 0.3) is 0 Å². The highest BCUT2D eigenvalue weighted by Crippen LogP contribution is 2.11. The number of unbranched alkanes of at least 4 members (excludes halogenated alkanes) is 7. The lowest BCUT2D eigenvalue weighted by molar-refractivity contribution is 0.173. The zero-order chi connectivity index (χ0) is 13.7. The summed E-state index contributed by atoms with van der Waals surface area (Å²) in [5.41, 5.74) is 0. The van der Waals surface area contributed by atoms with Gasteiger partial charge in [-0.3, -0.25) is 0 Å². The van der Waals surface area contributed by atoms with E-state index in [-0.39, 0.29) is 0 Å². The van der Waals surface area contributed by atoms with Gasteiger partial charge in [0.15, 0.2) is 0 Å². The van der Waals surface area contributed by atoms with E-state index in [4.69, 9.17) is 8.85 Å². The summed E-state index contributed by atoms with van der Waals surface area (Å²) >= 11 is 0. The monoisotopic (exact) mass is 274 g/mol. The molecule has 0 saturated heterocycles. The predicted molar refractivity (Wildman–Crippen MR) is 82.3 cm³/mol. The molecule has 0 saturated carbocycles. The molecule has 0 bridgehead atoms. The van der Waals surface area contributed by atoms with Gasteiger partial charge in [0.25, 0.3) is 0 Å². The average molecular weight is 275 g/mol. The van der Waals surface area contributed by atoms with Crippen LogP contribution in [-0.4, -0.2) is 21.8 Å². The average Bonchev–Trinajstić information content (AvgIpc) is 2.33. The van der Waals surface area contributed by atoms with Crippen molar-refractivity contribution in [3.05, 3.63) is 0 Å². The van der Waals surface area contributed by atoms with Gasteiger partial charge in [-0.25, -0.2) is 0 Å². The smallest absolute Gasteiger partial charge is 0.331 e. The lowest BCUT2D eigenvalue weighted by Crippen LogP contribution is -2.35. The Kier molecular flexibility index (Phi) is 12.3. The number of hydrogen-bond donors (Lipinski definition) is 0. The van der Waals surface area contributed by atoms with Gasteiger partial charge in [0.2, 0.25) is 0 Å². The van der Waals surface area contributed by atoms with E-state index in [0.717, 1.165) is 19.6 Å². The molecule has 0 aromatic carbocycles. The fraction of sp³-hybridized carbons (Fsp3) is 1.00. The first kappa shape index (κ1) is 18.1. The third-order valence-corrected chi connectivity index (χ3v) is 4.94. The summed E-state index contributed by atoms with van der Waals surface area (Å²) in [4.78, 5) is 0. The van der Waals surface area contributed by atoms with Gasteiger partial charge in [0.05, 0.1) is 0 Å². The molecular weight excluding hydrogens is 240 g/mol. The molecule has 0 aliphatic carbocycles. The SMILES string of the molecule is CCCCCCCCCO[Si](C)(C)OCCCC. The van der Waals surface area contributed by atoms with Crippen molar-refractivity contribution in [3.63, 3.8) is 0 Å². The predicted octanol–water partition coefficient (Wildman–Crippen LogP) is 5.27. The van der Waals surface area contributed by atoms with Crippen LogP contribution < -0.4 is 0 Å². The van der Waals surface area contributed by atoms with Crippen LogP contribution in [0.4, 0.5) is 0 Å². The van der Waals surface area contributed by atoms with Crippen LogP contribution in [-0.2, 0) is 8.85 Å². The summed E-state index contributed by atoms with van der Waals surface area (Å²) in [6.07, 6.45) is 11.7. The topological polar surface area (TPSA) is 18.5 Å². The van der Waals surface area contributed by atoms with Crippen LogP contribution >= 0.6 is 0 Å². The minimum atomic E-state index is -1.82. The maximum absolute atomic E-state index is 5.92. The molecule has 0 amide bonds. The first-order valence-corrected chi connectivity index (χ1v) is 10.7. The number of rotatable bonds is 13. The van der Waals surface area contributed by atoms with Crippen molar-refractivity contribution < 1.29 is 8.85 Å². The highest BCUT2D eigenvalue weighted by atomic mass is 28.4. The normalized spacial score (nSPS) is 12.0. The molecule has 0 heterocycles. The van der Waals surface area contributed by atoms with Crippen molar-refractivity contribution >= 4 is 8.56 Å². The molecule has 2 nitrogen and oxygen atoms in total. The zero-order valence-corrected chi connectivity index (χ0v) is 14.1. The molecule has 0 aliphatic rings. The van der Waals surface area contributed by atoms with Crippen molar-refractivity contribution in [2.75, 3.05) is 13.2 Å². The molecule has 0 atom stereocenters. The largest absolute Gasteiger partial charge is 0.395 e. The minimum absolute atomic E-state index is 0.868. The van der Waals surface area contributed by atoms with Gasteiger partial charge in [0.1, 0.15) is 0 Å². The second-order valence-electron chi connectivity index (χ2n) is 5.57. The Hall–Kier alpha value is 0.137. The molecule has 0 rings (SSSR count). The van der Waals surface area contributed by atoms with E-state index in [1.165, 1.54) is 51.4 Å². The molecule has 18 heavy (non-hydrogen) atoms. The van der Waals surface area contributed by atoms with E-state index in [1.807, 2.05) is 0 Å². The molecular formula is C15H34O2Si. The Morgan fingerprint density at radius 1 is 0.611 bits per heavy atom. The Balaban J connectivity index is 3.30. The van der Waals surface area contributed by atoms with E-state index >= 15 is 0 Å². The standard InChI is InChI=1S/C15H34O2Si/c1-5-7-9-10-11-12-13-15-17-18(3,4)16-14-8-6-2/h5-15H2,1-4H3. The molecule has 0 aliphatic heterocycles. The molecule has 0 aromatic heterocycles. The summed E-state index contributed by atoms with van der Waals surface area (Å²) < 4.78 is 11.8. The van der Waals surface area contributed by atoms with E-state index in [2.05, 4.69) is 26.9 Å². The van der Waals surface area contributed by atoms with Crippen molar-refractivity contribution in [2.45, 2.75) is 84.7 Å². The molecule has 0 fully saturated rings. The highest BCUT2D eigenvalue weighted by Gasteiger charge is 2.23. The van der Waals surface area contributed by atoms with Crippen molar-refractivity contribution in [2.24, 2.45) is 0 Å². The van der Waals surface area contributed by atoms with Gasteiger partial charge >= 0.3 is 8.56 Å². The fourth-order valence-corrected chi connectivity index (χ4v) is 3.24. The maximum Gasteiger partial charge on any atom is 0.331 e. The first-order valence-electron chi connectivity index (χ1n) is 7.90. The molecule has 0 N–H and O–H groups in total.